The number of anilines is 1. The van der Waals surface area contributed by atoms with Gasteiger partial charge < -0.3 is 15.5 Å². The van der Waals surface area contributed by atoms with Gasteiger partial charge in [0.25, 0.3) is 0 Å². The molecular formula is C17H28IN5. The van der Waals surface area contributed by atoms with Crippen LogP contribution in [-0.4, -0.2) is 36.6 Å². The average Bonchev–Trinajstić information content (AvgIpc) is 3.38. The van der Waals surface area contributed by atoms with Gasteiger partial charge in [0.15, 0.2) is 5.96 Å². The summed E-state index contributed by atoms with van der Waals surface area (Å²) in [6.07, 6.45) is 8.34. The summed E-state index contributed by atoms with van der Waals surface area (Å²) in [6.45, 7) is 5.96. The molecule has 1 aromatic heterocycles. The smallest absolute Gasteiger partial charge is 0.191 e. The lowest BCUT2D eigenvalue weighted by Crippen LogP contribution is -2.38. The fourth-order valence-corrected chi connectivity index (χ4v) is 2.77. The second-order valence-electron chi connectivity index (χ2n) is 6.18. The third-order valence-electron chi connectivity index (χ3n) is 4.17. The van der Waals surface area contributed by atoms with Crippen molar-refractivity contribution in [3.8, 4) is 0 Å². The van der Waals surface area contributed by atoms with E-state index in [9.17, 15) is 0 Å². The number of rotatable bonds is 5. The first-order valence-electron chi connectivity index (χ1n) is 8.60. The molecule has 1 aliphatic carbocycles. The molecule has 1 aromatic rings. The Morgan fingerprint density at radius 1 is 1.30 bits per heavy atom. The Bertz CT molecular complexity index is 509. The van der Waals surface area contributed by atoms with Gasteiger partial charge in [-0.3, -0.25) is 0 Å². The van der Waals surface area contributed by atoms with E-state index in [0.29, 0.717) is 12.6 Å². The van der Waals surface area contributed by atoms with Crippen molar-refractivity contribution in [1.82, 2.24) is 15.6 Å². The van der Waals surface area contributed by atoms with Gasteiger partial charge in [-0.1, -0.05) is 0 Å². The van der Waals surface area contributed by atoms with Gasteiger partial charge in [-0.2, -0.15) is 0 Å². The number of nitrogens with zero attached hydrogens (tertiary/aromatic N) is 3. The lowest BCUT2D eigenvalue weighted by Gasteiger charge is -2.27. The monoisotopic (exact) mass is 429 g/mol. The second kappa shape index (κ2) is 9.30. The van der Waals surface area contributed by atoms with Crippen LogP contribution in [0.5, 0.6) is 0 Å². The van der Waals surface area contributed by atoms with Crippen molar-refractivity contribution in [2.45, 2.75) is 51.6 Å². The van der Waals surface area contributed by atoms with Gasteiger partial charge in [-0.15, -0.1) is 24.0 Å². The molecule has 0 bridgehead atoms. The molecule has 3 rings (SSSR count). The third kappa shape index (κ3) is 5.82. The molecule has 2 aliphatic rings. The topological polar surface area (TPSA) is 52.6 Å². The van der Waals surface area contributed by atoms with Crippen molar-refractivity contribution in [2.75, 3.05) is 24.5 Å². The Morgan fingerprint density at radius 2 is 2.09 bits per heavy atom. The number of hydrogen-bond donors (Lipinski definition) is 2. The van der Waals surface area contributed by atoms with Gasteiger partial charge in [0.1, 0.15) is 5.82 Å². The van der Waals surface area contributed by atoms with Crippen molar-refractivity contribution in [3.63, 3.8) is 0 Å². The molecule has 23 heavy (non-hydrogen) atoms. The van der Waals surface area contributed by atoms with Crippen LogP contribution in [0.1, 0.15) is 44.6 Å². The standard InChI is InChI=1S/C17H27N5.HI/c1-2-18-17(21-15-6-7-15)20-13-14-8-9-19-16(12-14)22-10-4-3-5-11-22;/h8-9,12,15H,2-7,10-11,13H2,1H3,(H2,18,20,21);1H. The molecule has 2 heterocycles. The van der Waals surface area contributed by atoms with E-state index in [0.717, 1.165) is 31.4 Å². The van der Waals surface area contributed by atoms with Crippen molar-refractivity contribution in [1.29, 1.82) is 0 Å². The zero-order chi connectivity index (χ0) is 15.2. The number of aromatic nitrogens is 1. The van der Waals surface area contributed by atoms with E-state index in [-0.39, 0.29) is 24.0 Å². The van der Waals surface area contributed by atoms with Crippen molar-refractivity contribution < 1.29 is 0 Å². The first-order valence-corrected chi connectivity index (χ1v) is 8.60. The zero-order valence-electron chi connectivity index (χ0n) is 13.9. The maximum atomic E-state index is 4.70. The molecule has 1 aliphatic heterocycles. The normalized spacial score (nSPS) is 18.3. The molecule has 2 fully saturated rings. The van der Waals surface area contributed by atoms with Crippen LogP contribution in [0.15, 0.2) is 23.3 Å². The predicted molar refractivity (Wildman–Crippen MR) is 107 cm³/mol. The Balaban J connectivity index is 0.00000192. The second-order valence-corrected chi connectivity index (χ2v) is 6.18. The van der Waals surface area contributed by atoms with Crippen molar-refractivity contribution in [2.24, 2.45) is 4.99 Å². The first kappa shape index (κ1) is 18.3. The van der Waals surface area contributed by atoms with Gasteiger partial charge in [-0.25, -0.2) is 9.98 Å². The van der Waals surface area contributed by atoms with Crippen LogP contribution >= 0.6 is 24.0 Å². The summed E-state index contributed by atoms with van der Waals surface area (Å²) in [5, 5.41) is 6.77. The Morgan fingerprint density at radius 3 is 2.78 bits per heavy atom. The highest BCUT2D eigenvalue weighted by atomic mass is 127. The number of aliphatic imine (C=N–C) groups is 1. The van der Waals surface area contributed by atoms with Crippen LogP contribution < -0.4 is 15.5 Å². The number of piperidine rings is 1. The minimum absolute atomic E-state index is 0. The Hall–Kier alpha value is -1.05. The summed E-state index contributed by atoms with van der Waals surface area (Å²) in [5.41, 5.74) is 1.23. The first-order chi connectivity index (χ1) is 10.8. The number of guanidine groups is 1. The summed E-state index contributed by atoms with van der Waals surface area (Å²) < 4.78 is 0. The molecule has 128 valence electrons. The Labute approximate surface area is 156 Å². The highest BCUT2D eigenvalue weighted by Crippen LogP contribution is 2.19. The Kier molecular flexibility index (Phi) is 7.39. The van der Waals surface area contributed by atoms with Gasteiger partial charge in [0.05, 0.1) is 6.54 Å². The average molecular weight is 429 g/mol. The molecule has 0 aromatic carbocycles. The van der Waals surface area contributed by atoms with Crippen LogP contribution in [0.2, 0.25) is 0 Å². The molecule has 0 radical (unpaired) electrons. The maximum Gasteiger partial charge on any atom is 0.191 e. The summed E-state index contributed by atoms with van der Waals surface area (Å²) in [6, 6.07) is 4.88. The van der Waals surface area contributed by atoms with Gasteiger partial charge in [-0.05, 0) is 56.7 Å². The van der Waals surface area contributed by atoms with Crippen LogP contribution in [-0.2, 0) is 6.54 Å². The zero-order valence-corrected chi connectivity index (χ0v) is 16.3. The summed E-state index contributed by atoms with van der Waals surface area (Å²) in [7, 11) is 0. The molecule has 1 saturated heterocycles. The van der Waals surface area contributed by atoms with E-state index in [1.165, 1.54) is 37.7 Å². The third-order valence-corrected chi connectivity index (χ3v) is 4.17. The highest BCUT2D eigenvalue weighted by Gasteiger charge is 2.22. The number of hydrogen-bond acceptors (Lipinski definition) is 3. The summed E-state index contributed by atoms with van der Waals surface area (Å²) in [4.78, 5) is 11.6. The van der Waals surface area contributed by atoms with Crippen LogP contribution in [0.3, 0.4) is 0 Å². The van der Waals surface area contributed by atoms with Gasteiger partial charge in [0, 0.05) is 31.9 Å². The molecule has 6 heteroatoms. The van der Waals surface area contributed by atoms with Crippen LogP contribution in [0.25, 0.3) is 0 Å². The highest BCUT2D eigenvalue weighted by molar-refractivity contribution is 14.0. The fraction of sp³-hybridized carbons (Fsp3) is 0.647. The van der Waals surface area contributed by atoms with Crippen molar-refractivity contribution in [3.05, 3.63) is 23.9 Å². The van der Waals surface area contributed by atoms with Crippen molar-refractivity contribution >= 4 is 35.8 Å². The minimum atomic E-state index is 0. The van der Waals surface area contributed by atoms with E-state index in [1.54, 1.807) is 0 Å². The number of halogens is 1. The lowest BCUT2D eigenvalue weighted by atomic mass is 10.1. The number of nitrogens with one attached hydrogen (secondary N) is 2. The molecular weight excluding hydrogens is 401 g/mol. The van der Waals surface area contributed by atoms with E-state index >= 15 is 0 Å². The van der Waals surface area contributed by atoms with E-state index in [4.69, 9.17) is 4.99 Å². The summed E-state index contributed by atoms with van der Waals surface area (Å²) in [5.74, 6) is 2.04. The molecule has 5 nitrogen and oxygen atoms in total. The molecule has 0 atom stereocenters. The van der Waals surface area contributed by atoms with Gasteiger partial charge >= 0.3 is 0 Å². The summed E-state index contributed by atoms with van der Waals surface area (Å²) >= 11 is 0. The maximum absolute atomic E-state index is 4.70. The fourth-order valence-electron chi connectivity index (χ4n) is 2.77. The quantitative estimate of drug-likeness (QED) is 0.430. The predicted octanol–water partition coefficient (Wildman–Crippen LogP) is 2.91. The number of pyridine rings is 1. The largest absolute Gasteiger partial charge is 0.357 e. The van der Waals surface area contributed by atoms with Crippen LogP contribution in [0.4, 0.5) is 5.82 Å². The molecule has 2 N–H and O–H groups in total. The van der Waals surface area contributed by atoms with E-state index in [1.807, 2.05) is 6.20 Å². The SMILES string of the molecule is CCNC(=NCc1ccnc(N2CCCCC2)c1)NC1CC1.I. The lowest BCUT2D eigenvalue weighted by molar-refractivity contribution is 0.573. The van der Waals surface area contributed by atoms with Gasteiger partial charge in [0.2, 0.25) is 0 Å². The van der Waals surface area contributed by atoms with Crippen LogP contribution in [0, 0.1) is 0 Å². The molecule has 0 amide bonds. The molecule has 0 unspecified atom stereocenters. The molecule has 0 spiro atoms. The van der Waals surface area contributed by atoms with E-state index < -0.39 is 0 Å². The minimum Gasteiger partial charge on any atom is -0.357 e. The van der Waals surface area contributed by atoms with E-state index in [2.05, 4.69) is 39.6 Å². The molecule has 1 saturated carbocycles.